The van der Waals surface area contributed by atoms with Crippen molar-refractivity contribution in [3.05, 3.63) is 224 Å². The monoisotopic (exact) mass is 754 g/mol. The molecule has 1 aliphatic rings. The molecule has 0 N–H and O–H groups in total. The lowest BCUT2D eigenvalue weighted by Crippen LogP contribution is -2.11. The van der Waals surface area contributed by atoms with Gasteiger partial charge in [0.15, 0.2) is 0 Å². The molecule has 278 valence electrons. The van der Waals surface area contributed by atoms with Crippen molar-refractivity contribution >= 4 is 77.7 Å². The van der Waals surface area contributed by atoms with E-state index in [4.69, 9.17) is 0 Å². The van der Waals surface area contributed by atoms with E-state index in [1.165, 1.54) is 65.8 Å². The van der Waals surface area contributed by atoms with Gasteiger partial charge in [0.05, 0.1) is 27.6 Å². The van der Waals surface area contributed by atoms with E-state index in [9.17, 15) is 0 Å². The Morgan fingerprint density at radius 2 is 0.661 bits per heavy atom. The Bertz CT molecular complexity index is 3180. The second kappa shape index (κ2) is 13.4. The summed E-state index contributed by atoms with van der Waals surface area (Å²) in [7, 11) is 0. The summed E-state index contributed by atoms with van der Waals surface area (Å²) in [4.78, 5) is 2.37. The average molecular weight is 755 g/mol. The third-order valence-electron chi connectivity index (χ3n) is 12.1. The molecule has 11 aromatic rings. The first-order valence-electron chi connectivity index (χ1n) is 20.3. The van der Waals surface area contributed by atoms with Crippen LogP contribution in [-0.2, 0) is 6.42 Å². The number of hydrogen-bond acceptors (Lipinski definition) is 1. The highest BCUT2D eigenvalue weighted by molar-refractivity contribution is 6.10. The van der Waals surface area contributed by atoms with E-state index in [0.29, 0.717) is 0 Å². The van der Waals surface area contributed by atoms with Crippen molar-refractivity contribution in [2.45, 2.75) is 6.42 Å². The van der Waals surface area contributed by atoms with Crippen molar-refractivity contribution in [3.8, 4) is 17.1 Å². The molecular formula is C55H38N4. The Kier molecular flexibility index (Phi) is 7.57. The highest BCUT2D eigenvalue weighted by atomic mass is 15.1. The number of para-hydroxylation sites is 5. The Balaban J connectivity index is 0.991. The van der Waals surface area contributed by atoms with E-state index >= 15 is 0 Å². The molecule has 0 unspecified atom stereocenters. The average Bonchev–Trinajstić information content (AvgIpc) is 3.85. The van der Waals surface area contributed by atoms with Gasteiger partial charge in [-0.25, -0.2) is 0 Å². The number of nitrogens with zero attached hydrogens (tertiary/aromatic N) is 4. The highest BCUT2D eigenvalue weighted by Crippen LogP contribution is 2.40. The lowest BCUT2D eigenvalue weighted by Gasteiger charge is -2.26. The van der Waals surface area contributed by atoms with E-state index in [1.54, 1.807) is 0 Å². The molecule has 4 nitrogen and oxygen atoms in total. The Hall–Kier alpha value is -7.82. The summed E-state index contributed by atoms with van der Waals surface area (Å²) < 4.78 is 7.19. The topological polar surface area (TPSA) is 18.0 Å². The van der Waals surface area contributed by atoms with Gasteiger partial charge in [0, 0.05) is 78.7 Å². The molecule has 3 heterocycles. The molecule has 0 fully saturated rings. The van der Waals surface area contributed by atoms with Crippen LogP contribution in [0.3, 0.4) is 0 Å². The van der Waals surface area contributed by atoms with Crippen LogP contribution in [0.5, 0.6) is 0 Å². The molecule has 3 aromatic heterocycles. The summed E-state index contributed by atoms with van der Waals surface area (Å²) in [5, 5.41) is 6.32. The van der Waals surface area contributed by atoms with E-state index in [0.717, 1.165) is 40.5 Å². The predicted octanol–water partition coefficient (Wildman–Crippen LogP) is 14.4. The van der Waals surface area contributed by atoms with E-state index in [1.807, 2.05) is 0 Å². The molecule has 0 spiro atoms. The quantitative estimate of drug-likeness (QED) is 0.165. The largest absolute Gasteiger partial charge is 0.313 e. The minimum absolute atomic E-state index is 0.877. The maximum atomic E-state index is 2.43. The lowest BCUT2D eigenvalue weighted by molar-refractivity contribution is 1.00. The zero-order valence-corrected chi connectivity index (χ0v) is 32.3. The van der Waals surface area contributed by atoms with Gasteiger partial charge < -0.3 is 18.6 Å². The minimum Gasteiger partial charge on any atom is -0.313 e. The fourth-order valence-corrected chi connectivity index (χ4v) is 9.51. The first kappa shape index (κ1) is 33.3. The molecule has 12 rings (SSSR count). The highest BCUT2D eigenvalue weighted by Gasteiger charge is 2.20. The summed E-state index contributed by atoms with van der Waals surface area (Å²) in [5.74, 6) is 0. The van der Waals surface area contributed by atoms with Crippen LogP contribution < -0.4 is 4.90 Å². The van der Waals surface area contributed by atoms with Crippen LogP contribution in [0.2, 0.25) is 0 Å². The van der Waals surface area contributed by atoms with Crippen molar-refractivity contribution in [3.63, 3.8) is 0 Å². The number of allylic oxidation sites excluding steroid dienone is 3. The number of fused-ring (bicyclic) bond motifs is 9. The van der Waals surface area contributed by atoms with Crippen molar-refractivity contribution < 1.29 is 0 Å². The predicted molar refractivity (Wildman–Crippen MR) is 249 cm³/mol. The molecule has 0 saturated heterocycles. The van der Waals surface area contributed by atoms with Crippen LogP contribution in [0, 0.1) is 0 Å². The molecule has 1 aliphatic carbocycles. The van der Waals surface area contributed by atoms with E-state index in [-0.39, 0.29) is 0 Å². The van der Waals surface area contributed by atoms with Crippen LogP contribution in [0.25, 0.3) is 77.7 Å². The molecule has 4 heteroatoms. The second-order valence-electron chi connectivity index (χ2n) is 15.3. The molecular weight excluding hydrogens is 717 g/mol. The molecule has 0 bridgehead atoms. The molecule has 0 amide bonds. The Morgan fingerprint density at radius 1 is 0.322 bits per heavy atom. The van der Waals surface area contributed by atoms with Crippen LogP contribution in [0.15, 0.2) is 212 Å². The molecule has 0 aliphatic heterocycles. The van der Waals surface area contributed by atoms with Gasteiger partial charge in [0.2, 0.25) is 0 Å². The third-order valence-corrected chi connectivity index (χ3v) is 12.1. The van der Waals surface area contributed by atoms with Gasteiger partial charge in [-0.3, -0.25) is 0 Å². The maximum absolute atomic E-state index is 2.43. The first-order valence-corrected chi connectivity index (χ1v) is 20.3. The van der Waals surface area contributed by atoms with E-state index in [2.05, 4.69) is 237 Å². The number of benzene rings is 8. The fourth-order valence-electron chi connectivity index (χ4n) is 9.51. The number of aromatic nitrogens is 3. The van der Waals surface area contributed by atoms with E-state index < -0.39 is 0 Å². The molecule has 0 atom stereocenters. The SMILES string of the molecule is C1=CCc2c(c3ccccc3n2-c2ccc(N(c3ccc(-n4c5ccccc5c5ccccc54)cc3)c3ccc(-n4c5ccccc5c5ccccc54)cc3)cc2)C=C1. The van der Waals surface area contributed by atoms with Crippen molar-refractivity contribution in [2.24, 2.45) is 0 Å². The summed E-state index contributed by atoms with van der Waals surface area (Å²) in [6, 6.07) is 70.6. The standard InChI is InChI=1S/C55H38N4/c1-2-14-44-45-15-4-9-21-51(45)57(50(44)20-3-1)41-32-26-38(27-33-41)56(39-28-34-42(35-29-39)58-52-22-10-5-16-46(52)47-17-6-11-23-53(47)58)40-30-36-43(37-31-40)59-54-24-12-7-18-48(54)49-19-8-13-25-55(49)59/h1-19,21-37H,20H2. The van der Waals surface area contributed by atoms with Crippen molar-refractivity contribution in [1.82, 2.24) is 13.7 Å². The zero-order chi connectivity index (χ0) is 38.9. The lowest BCUT2D eigenvalue weighted by atomic mass is 10.1. The van der Waals surface area contributed by atoms with Gasteiger partial charge >= 0.3 is 0 Å². The van der Waals surface area contributed by atoms with Gasteiger partial charge in [-0.05, 0) is 103 Å². The Labute approximate surface area is 342 Å². The zero-order valence-electron chi connectivity index (χ0n) is 32.3. The fraction of sp³-hybridized carbons (Fsp3) is 0.0182. The smallest absolute Gasteiger partial charge is 0.0541 e. The normalized spacial score (nSPS) is 12.5. The van der Waals surface area contributed by atoms with Gasteiger partial charge in [-0.15, -0.1) is 0 Å². The van der Waals surface area contributed by atoms with Crippen LogP contribution >= 0.6 is 0 Å². The first-order chi connectivity index (χ1) is 29.3. The molecule has 0 radical (unpaired) electrons. The summed E-state index contributed by atoms with van der Waals surface area (Å²) in [6.07, 6.45) is 9.68. The number of rotatable bonds is 6. The number of hydrogen-bond donors (Lipinski definition) is 0. The van der Waals surface area contributed by atoms with Gasteiger partial charge in [0.1, 0.15) is 0 Å². The van der Waals surface area contributed by atoms with Gasteiger partial charge in [0.25, 0.3) is 0 Å². The summed E-state index contributed by atoms with van der Waals surface area (Å²) in [5.41, 5.74) is 15.3. The maximum Gasteiger partial charge on any atom is 0.0541 e. The summed E-state index contributed by atoms with van der Waals surface area (Å²) >= 11 is 0. The molecule has 59 heavy (non-hydrogen) atoms. The van der Waals surface area contributed by atoms with Gasteiger partial charge in [-0.1, -0.05) is 115 Å². The summed E-state index contributed by atoms with van der Waals surface area (Å²) in [6.45, 7) is 0. The molecule has 0 saturated carbocycles. The van der Waals surface area contributed by atoms with Crippen LogP contribution in [-0.4, -0.2) is 13.7 Å². The number of anilines is 3. The van der Waals surface area contributed by atoms with Gasteiger partial charge in [-0.2, -0.15) is 0 Å². The minimum atomic E-state index is 0.877. The molecule has 8 aromatic carbocycles. The van der Waals surface area contributed by atoms with Crippen molar-refractivity contribution in [1.29, 1.82) is 0 Å². The Morgan fingerprint density at radius 3 is 1.07 bits per heavy atom. The van der Waals surface area contributed by atoms with Crippen LogP contribution in [0.1, 0.15) is 11.3 Å². The van der Waals surface area contributed by atoms with Crippen LogP contribution in [0.4, 0.5) is 17.1 Å². The van der Waals surface area contributed by atoms with Crippen molar-refractivity contribution in [2.75, 3.05) is 4.90 Å². The third kappa shape index (κ3) is 5.23. The second-order valence-corrected chi connectivity index (χ2v) is 15.3.